The molecule has 0 bridgehead atoms. The maximum atomic E-state index is 13.0. The fraction of sp³-hybridized carbons (Fsp3) is 0.784. The van der Waals surface area contributed by atoms with Gasteiger partial charge in [-0.25, -0.2) is 0 Å². The van der Waals surface area contributed by atoms with Gasteiger partial charge in [0.2, 0.25) is 0 Å². The monoisotopic (exact) mass is 654 g/mol. The number of hydrazone groups is 1. The van der Waals surface area contributed by atoms with Crippen molar-refractivity contribution in [2.45, 2.75) is 113 Å². The van der Waals surface area contributed by atoms with Crippen molar-refractivity contribution in [3.8, 4) is 5.75 Å². The Hall–Kier alpha value is -1.56. The van der Waals surface area contributed by atoms with Crippen LogP contribution in [0.15, 0.2) is 27.8 Å². The second-order valence-electron chi connectivity index (χ2n) is 16.8. The lowest BCUT2D eigenvalue weighted by Gasteiger charge is -2.72. The van der Waals surface area contributed by atoms with Crippen LogP contribution in [0.5, 0.6) is 5.75 Å². The predicted octanol–water partition coefficient (Wildman–Crippen LogP) is 10.0. The van der Waals surface area contributed by atoms with Gasteiger partial charge in [-0.1, -0.05) is 54.5 Å². The van der Waals surface area contributed by atoms with Crippen molar-refractivity contribution in [1.29, 1.82) is 0 Å². The van der Waals surface area contributed by atoms with E-state index in [0.717, 1.165) is 48.0 Å². The molecule has 43 heavy (non-hydrogen) atoms. The van der Waals surface area contributed by atoms with Gasteiger partial charge in [-0.3, -0.25) is 10.2 Å². The number of carboxylic acid groups (broad SMARTS) is 1. The highest BCUT2D eigenvalue weighted by Gasteiger charge is 2.72. The van der Waals surface area contributed by atoms with Crippen LogP contribution in [0.3, 0.4) is 0 Å². The van der Waals surface area contributed by atoms with Gasteiger partial charge < -0.3 is 9.84 Å². The summed E-state index contributed by atoms with van der Waals surface area (Å²) in [7, 11) is 1.70. The molecule has 0 aliphatic heterocycles. The standard InChI is InChI=1S/C37H55BrN2O3/c1-22(2)23-14-19-37(32(41)42)21-20-35(6)24(30(23)37)12-13-28-34(5)17-16-29(33(3,4)27(34)15-18-36(28,35)7)39-40-31-25(38)10-9-11-26(31)43-8/h9-11,22-24,27-28,30,40H,12-21H2,1-8H3,(H,41,42)/b39-29+/t23-,24?,27-,28+,30+,34-,35+,36+,37?/m0/s1. The molecule has 2 unspecified atom stereocenters. The predicted molar refractivity (Wildman–Crippen MR) is 178 cm³/mol. The number of aliphatic carboxylic acids is 1. The van der Waals surface area contributed by atoms with E-state index in [2.05, 4.69) is 69.8 Å². The summed E-state index contributed by atoms with van der Waals surface area (Å²) in [6, 6.07) is 5.97. The molecule has 238 valence electrons. The van der Waals surface area contributed by atoms with E-state index in [0.29, 0.717) is 35.5 Å². The third-order valence-corrected chi connectivity index (χ3v) is 15.7. The fourth-order valence-electron chi connectivity index (χ4n) is 12.7. The molecule has 0 amide bonds. The van der Waals surface area contributed by atoms with E-state index in [1.165, 1.54) is 37.8 Å². The van der Waals surface area contributed by atoms with E-state index in [-0.39, 0.29) is 21.7 Å². The number of para-hydroxylation sites is 1. The number of ether oxygens (including phenoxy) is 1. The average molecular weight is 656 g/mol. The Kier molecular flexibility index (Phi) is 7.67. The summed E-state index contributed by atoms with van der Waals surface area (Å²) < 4.78 is 6.57. The molecular weight excluding hydrogens is 600 g/mol. The molecule has 0 aromatic heterocycles. The summed E-state index contributed by atoms with van der Waals surface area (Å²) in [5, 5.41) is 15.8. The lowest BCUT2D eigenvalue weighted by molar-refractivity contribution is -0.232. The number of rotatable bonds is 5. The van der Waals surface area contributed by atoms with E-state index in [9.17, 15) is 9.90 Å². The van der Waals surface area contributed by atoms with E-state index in [4.69, 9.17) is 9.84 Å². The van der Waals surface area contributed by atoms with Crippen LogP contribution in [0.1, 0.15) is 113 Å². The number of nitrogens with zero attached hydrogens (tertiary/aromatic N) is 1. The van der Waals surface area contributed by atoms with Crippen molar-refractivity contribution in [3.63, 3.8) is 0 Å². The number of anilines is 1. The van der Waals surface area contributed by atoms with Crippen LogP contribution < -0.4 is 10.2 Å². The van der Waals surface area contributed by atoms with Crippen LogP contribution in [0, 0.1) is 62.6 Å². The highest BCUT2D eigenvalue weighted by molar-refractivity contribution is 9.10. The first-order chi connectivity index (χ1) is 20.2. The van der Waals surface area contributed by atoms with Crippen LogP contribution in [-0.2, 0) is 4.79 Å². The van der Waals surface area contributed by atoms with Gasteiger partial charge in [0.15, 0.2) is 0 Å². The van der Waals surface area contributed by atoms with Crippen molar-refractivity contribution in [3.05, 3.63) is 22.7 Å². The molecule has 6 rings (SSSR count). The van der Waals surface area contributed by atoms with E-state index in [1.807, 2.05) is 18.2 Å². The van der Waals surface area contributed by atoms with Crippen LogP contribution in [0.2, 0.25) is 0 Å². The number of hydrogen-bond donors (Lipinski definition) is 2. The number of methoxy groups -OCH3 is 1. The minimum atomic E-state index is -0.500. The number of carbonyl (C=O) groups is 1. The van der Waals surface area contributed by atoms with Crippen molar-refractivity contribution < 1.29 is 14.6 Å². The van der Waals surface area contributed by atoms with Gasteiger partial charge in [-0.05, 0) is 144 Å². The first-order valence-corrected chi connectivity index (χ1v) is 17.9. The Bertz CT molecular complexity index is 1310. The second kappa shape index (κ2) is 10.5. The SMILES string of the molecule is COc1cccc(Br)c1N/N=C1\CC[C@]2(C)[C@H]3CCC4[C@H]5[C@H](C(C)C)CCC5(C(=O)O)CC[C@@]4(C)[C@]3(C)CC[C@H]2C1(C)C. The molecule has 0 radical (unpaired) electrons. The summed E-state index contributed by atoms with van der Waals surface area (Å²) in [5.74, 6) is 3.46. The Morgan fingerprint density at radius 3 is 2.40 bits per heavy atom. The Morgan fingerprint density at radius 2 is 1.72 bits per heavy atom. The zero-order chi connectivity index (χ0) is 31.2. The van der Waals surface area contributed by atoms with E-state index >= 15 is 0 Å². The molecule has 0 saturated heterocycles. The maximum Gasteiger partial charge on any atom is 0.309 e. The van der Waals surface area contributed by atoms with Gasteiger partial charge in [-0.2, -0.15) is 5.10 Å². The largest absolute Gasteiger partial charge is 0.494 e. The van der Waals surface area contributed by atoms with E-state index in [1.54, 1.807) is 7.11 Å². The molecule has 9 atom stereocenters. The highest BCUT2D eigenvalue weighted by atomic mass is 79.9. The van der Waals surface area contributed by atoms with Crippen LogP contribution in [0.4, 0.5) is 5.69 Å². The topological polar surface area (TPSA) is 70.9 Å². The zero-order valence-corrected chi connectivity index (χ0v) is 29.4. The Balaban J connectivity index is 1.31. The van der Waals surface area contributed by atoms with Crippen LogP contribution in [0.25, 0.3) is 0 Å². The van der Waals surface area contributed by atoms with Crippen LogP contribution in [-0.4, -0.2) is 23.9 Å². The molecule has 5 aliphatic carbocycles. The normalized spacial score (nSPS) is 44.2. The molecule has 5 saturated carbocycles. The summed E-state index contributed by atoms with van der Waals surface area (Å²) in [6.45, 7) is 17.5. The first kappa shape index (κ1) is 31.4. The van der Waals surface area contributed by atoms with Gasteiger partial charge >= 0.3 is 5.97 Å². The molecule has 2 N–H and O–H groups in total. The number of fused-ring (bicyclic) bond motifs is 7. The average Bonchev–Trinajstić information content (AvgIpc) is 3.35. The highest BCUT2D eigenvalue weighted by Crippen LogP contribution is 2.77. The second-order valence-corrected chi connectivity index (χ2v) is 17.7. The van der Waals surface area contributed by atoms with Crippen molar-refractivity contribution in [2.24, 2.45) is 67.7 Å². The third-order valence-electron chi connectivity index (χ3n) is 15.0. The van der Waals surface area contributed by atoms with Crippen molar-refractivity contribution >= 4 is 33.3 Å². The molecule has 5 nitrogen and oxygen atoms in total. The number of hydrogen-bond acceptors (Lipinski definition) is 4. The minimum absolute atomic E-state index is 0.00715. The minimum Gasteiger partial charge on any atom is -0.494 e. The fourth-order valence-corrected chi connectivity index (χ4v) is 13.1. The zero-order valence-electron chi connectivity index (χ0n) is 27.9. The van der Waals surface area contributed by atoms with Gasteiger partial charge in [0.05, 0.1) is 12.5 Å². The maximum absolute atomic E-state index is 13.0. The summed E-state index contributed by atoms with van der Waals surface area (Å²) in [4.78, 5) is 13.0. The first-order valence-electron chi connectivity index (χ1n) is 17.1. The smallest absolute Gasteiger partial charge is 0.309 e. The lowest BCUT2D eigenvalue weighted by atomic mass is 9.32. The molecule has 0 spiro atoms. The molecule has 1 aromatic rings. The number of nitrogens with one attached hydrogen (secondary N) is 1. The van der Waals surface area contributed by atoms with Gasteiger partial charge in [-0.15, -0.1) is 0 Å². The van der Waals surface area contributed by atoms with Gasteiger partial charge in [0.1, 0.15) is 11.4 Å². The molecule has 5 fully saturated rings. The van der Waals surface area contributed by atoms with Gasteiger partial charge in [0, 0.05) is 15.6 Å². The third kappa shape index (κ3) is 4.26. The van der Waals surface area contributed by atoms with Crippen LogP contribution >= 0.6 is 15.9 Å². The van der Waals surface area contributed by atoms with E-state index < -0.39 is 11.4 Å². The number of halogens is 1. The summed E-state index contributed by atoms with van der Waals surface area (Å²) in [5.41, 5.74) is 5.72. The molecule has 5 aliphatic rings. The number of benzene rings is 1. The summed E-state index contributed by atoms with van der Waals surface area (Å²) >= 11 is 3.68. The lowest BCUT2D eigenvalue weighted by Crippen LogP contribution is -2.66. The summed E-state index contributed by atoms with van der Waals surface area (Å²) in [6.07, 6.45) is 11.0. The Labute approximate surface area is 268 Å². The number of carboxylic acids is 1. The van der Waals surface area contributed by atoms with Gasteiger partial charge in [0.25, 0.3) is 0 Å². The van der Waals surface area contributed by atoms with Crippen molar-refractivity contribution in [2.75, 3.05) is 12.5 Å². The van der Waals surface area contributed by atoms with Crippen molar-refractivity contribution in [1.82, 2.24) is 0 Å². The molecule has 0 heterocycles. The molecular formula is C37H55BrN2O3. The Morgan fingerprint density at radius 1 is 0.977 bits per heavy atom. The molecule has 6 heteroatoms. The molecule has 1 aromatic carbocycles. The quantitative estimate of drug-likeness (QED) is 0.310.